The van der Waals surface area contributed by atoms with E-state index in [1.165, 1.54) is 13.8 Å². The van der Waals surface area contributed by atoms with E-state index in [9.17, 15) is 9.59 Å². The molecule has 0 saturated carbocycles. The number of methoxy groups -OCH3 is 1. The molecule has 2 unspecified atom stereocenters. The Bertz CT molecular complexity index is 1290. The molecule has 1 aliphatic rings. The number of nitrogens with zero attached hydrogens (tertiary/aromatic N) is 4. The van der Waals surface area contributed by atoms with Crippen molar-refractivity contribution in [1.29, 1.82) is 0 Å². The molecule has 2 amide bonds. The first-order chi connectivity index (χ1) is 16.9. The van der Waals surface area contributed by atoms with Gasteiger partial charge in [0.05, 0.1) is 7.11 Å². The molecule has 7 nitrogen and oxygen atoms in total. The molecule has 0 spiro atoms. The lowest BCUT2D eigenvalue weighted by Gasteiger charge is -2.20. The average molecular weight is 469 g/mol. The van der Waals surface area contributed by atoms with Crippen LogP contribution in [0.15, 0.2) is 89.8 Å². The Morgan fingerprint density at radius 2 is 1.60 bits per heavy atom. The number of amides is 2. The summed E-state index contributed by atoms with van der Waals surface area (Å²) in [6.07, 6.45) is 7.79. The fourth-order valence-electron chi connectivity index (χ4n) is 4.08. The number of rotatable bonds is 6. The van der Waals surface area contributed by atoms with Gasteiger partial charge in [-0.2, -0.15) is 9.78 Å². The van der Waals surface area contributed by atoms with Crippen molar-refractivity contribution in [2.24, 2.45) is 16.9 Å². The molecule has 178 valence electrons. The van der Waals surface area contributed by atoms with E-state index in [1.54, 1.807) is 11.8 Å². The van der Waals surface area contributed by atoms with Crippen LogP contribution in [0, 0.1) is 11.8 Å². The van der Waals surface area contributed by atoms with Gasteiger partial charge in [0.2, 0.25) is 17.8 Å². The molecule has 0 N–H and O–H groups in total. The molecular weight excluding hydrogens is 440 g/mol. The van der Waals surface area contributed by atoms with E-state index < -0.39 is 11.8 Å². The molecule has 0 radical (unpaired) electrons. The highest BCUT2D eigenvalue weighted by molar-refractivity contribution is 6.12. The van der Waals surface area contributed by atoms with Gasteiger partial charge in [-0.3, -0.25) is 9.59 Å². The van der Waals surface area contributed by atoms with Gasteiger partial charge in [-0.1, -0.05) is 73.7 Å². The maximum Gasteiger partial charge on any atom is 0.241 e. The number of carbonyl (C=O) groups is 2. The zero-order valence-electron chi connectivity index (χ0n) is 20.3. The van der Waals surface area contributed by atoms with Crippen LogP contribution in [0.3, 0.4) is 0 Å². The second-order valence-corrected chi connectivity index (χ2v) is 8.36. The molecule has 7 heteroatoms. The SMILES string of the molecule is COC1=CC(C)C(/C=N/n2c(N(C(C)=O)C(C)=O)nc(-c3ccccc3)c2-c2ccccc2)C=C1. The minimum Gasteiger partial charge on any atom is -0.497 e. The number of allylic oxidation sites excluding steroid dienone is 3. The van der Waals surface area contributed by atoms with Crippen LogP contribution in [0.1, 0.15) is 20.8 Å². The molecule has 0 bridgehead atoms. The van der Waals surface area contributed by atoms with Crippen molar-refractivity contribution in [3.8, 4) is 22.5 Å². The second-order valence-electron chi connectivity index (χ2n) is 8.36. The van der Waals surface area contributed by atoms with Crippen molar-refractivity contribution in [2.75, 3.05) is 12.0 Å². The van der Waals surface area contributed by atoms with Crippen LogP contribution >= 0.6 is 0 Å². The van der Waals surface area contributed by atoms with Crippen LogP contribution in [0.2, 0.25) is 0 Å². The van der Waals surface area contributed by atoms with Gasteiger partial charge in [-0.15, -0.1) is 0 Å². The first-order valence-corrected chi connectivity index (χ1v) is 11.4. The lowest BCUT2D eigenvalue weighted by Crippen LogP contribution is -2.35. The largest absolute Gasteiger partial charge is 0.497 e. The quantitative estimate of drug-likeness (QED) is 0.460. The number of aromatic nitrogens is 2. The summed E-state index contributed by atoms with van der Waals surface area (Å²) in [6, 6.07) is 19.4. The summed E-state index contributed by atoms with van der Waals surface area (Å²) in [4.78, 5) is 30.9. The minimum absolute atomic E-state index is 0.00365. The van der Waals surface area contributed by atoms with E-state index in [-0.39, 0.29) is 17.8 Å². The molecular formula is C28H28N4O3. The number of imide groups is 1. The van der Waals surface area contributed by atoms with E-state index in [1.807, 2.05) is 85.1 Å². The predicted octanol–water partition coefficient (Wildman–Crippen LogP) is 5.30. The highest BCUT2D eigenvalue weighted by Gasteiger charge is 2.28. The minimum atomic E-state index is -0.434. The number of imidazole rings is 1. The zero-order chi connectivity index (χ0) is 24.9. The number of hydrogen-bond acceptors (Lipinski definition) is 5. The average Bonchev–Trinajstić information content (AvgIpc) is 3.22. The third-order valence-electron chi connectivity index (χ3n) is 5.87. The lowest BCUT2D eigenvalue weighted by atomic mass is 9.90. The molecule has 0 fully saturated rings. The predicted molar refractivity (Wildman–Crippen MR) is 138 cm³/mol. The Balaban J connectivity index is 1.94. The van der Waals surface area contributed by atoms with Gasteiger partial charge in [-0.25, -0.2) is 9.88 Å². The molecule has 4 rings (SSSR count). The van der Waals surface area contributed by atoms with Gasteiger partial charge >= 0.3 is 0 Å². The third kappa shape index (κ3) is 4.99. The number of ether oxygens (including phenoxy) is 1. The first-order valence-electron chi connectivity index (χ1n) is 11.4. The number of anilines is 1. The van der Waals surface area contributed by atoms with E-state index in [0.717, 1.165) is 21.8 Å². The lowest BCUT2D eigenvalue weighted by molar-refractivity contribution is -0.124. The maximum absolute atomic E-state index is 12.5. The van der Waals surface area contributed by atoms with Crippen molar-refractivity contribution in [3.63, 3.8) is 0 Å². The summed E-state index contributed by atoms with van der Waals surface area (Å²) in [5, 5.41) is 4.80. The molecule has 0 saturated heterocycles. The van der Waals surface area contributed by atoms with Gasteiger partial charge in [0, 0.05) is 37.1 Å². The van der Waals surface area contributed by atoms with Crippen LogP contribution in [0.4, 0.5) is 5.95 Å². The fourth-order valence-corrected chi connectivity index (χ4v) is 4.08. The Labute approximate surface area is 205 Å². The summed E-state index contributed by atoms with van der Waals surface area (Å²) in [5.41, 5.74) is 3.04. The summed E-state index contributed by atoms with van der Waals surface area (Å²) in [7, 11) is 1.64. The van der Waals surface area contributed by atoms with Crippen molar-refractivity contribution >= 4 is 24.0 Å². The Morgan fingerprint density at radius 1 is 1.00 bits per heavy atom. The molecule has 3 aromatic rings. The van der Waals surface area contributed by atoms with E-state index >= 15 is 0 Å². The van der Waals surface area contributed by atoms with Crippen LogP contribution in [0.25, 0.3) is 22.5 Å². The van der Waals surface area contributed by atoms with Crippen molar-refractivity contribution in [1.82, 2.24) is 9.66 Å². The van der Waals surface area contributed by atoms with Gasteiger partial charge in [0.1, 0.15) is 17.1 Å². The van der Waals surface area contributed by atoms with Gasteiger partial charge in [-0.05, 0) is 18.1 Å². The maximum atomic E-state index is 12.5. The summed E-state index contributed by atoms with van der Waals surface area (Å²) in [6.45, 7) is 4.77. The number of hydrogen-bond donors (Lipinski definition) is 0. The van der Waals surface area contributed by atoms with Crippen LogP contribution in [-0.2, 0) is 14.3 Å². The first kappa shape index (κ1) is 23.9. The third-order valence-corrected chi connectivity index (χ3v) is 5.87. The van der Waals surface area contributed by atoms with E-state index in [0.29, 0.717) is 11.4 Å². The summed E-state index contributed by atoms with van der Waals surface area (Å²) in [5.74, 6) is 0.237. The van der Waals surface area contributed by atoms with Crippen molar-refractivity contribution in [3.05, 3.63) is 84.7 Å². The summed E-state index contributed by atoms with van der Waals surface area (Å²) < 4.78 is 6.93. The fraction of sp³-hybridized carbons (Fsp3) is 0.214. The Kier molecular flexibility index (Phi) is 7.06. The monoisotopic (exact) mass is 468 g/mol. The molecule has 35 heavy (non-hydrogen) atoms. The second kappa shape index (κ2) is 10.3. The molecule has 2 aromatic carbocycles. The van der Waals surface area contributed by atoms with Crippen molar-refractivity contribution in [2.45, 2.75) is 20.8 Å². The molecule has 0 aliphatic heterocycles. The molecule has 1 aromatic heterocycles. The molecule has 1 heterocycles. The summed E-state index contributed by atoms with van der Waals surface area (Å²) >= 11 is 0. The standard InChI is InChI=1S/C28H28N4O3/c1-19-17-25(35-4)16-15-24(19)18-29-32-27(23-13-9-6-10-14-23)26(22-11-7-5-8-12-22)30-28(32)31(20(2)33)21(3)34/h5-19,24H,1-4H3/b29-18+. The highest BCUT2D eigenvalue weighted by atomic mass is 16.5. The van der Waals surface area contributed by atoms with Crippen LogP contribution < -0.4 is 4.90 Å². The molecule has 2 atom stereocenters. The Hall–Kier alpha value is -4.26. The zero-order valence-corrected chi connectivity index (χ0v) is 20.3. The smallest absolute Gasteiger partial charge is 0.241 e. The van der Waals surface area contributed by atoms with Gasteiger partial charge in [0.25, 0.3) is 0 Å². The van der Waals surface area contributed by atoms with Crippen LogP contribution in [-0.4, -0.2) is 34.8 Å². The topological polar surface area (TPSA) is 76.8 Å². The van der Waals surface area contributed by atoms with E-state index in [2.05, 4.69) is 6.92 Å². The van der Waals surface area contributed by atoms with Gasteiger partial charge in [0.15, 0.2) is 0 Å². The number of benzene rings is 2. The van der Waals surface area contributed by atoms with Crippen molar-refractivity contribution < 1.29 is 14.3 Å². The normalized spacial score (nSPS) is 17.3. The highest BCUT2D eigenvalue weighted by Crippen LogP contribution is 2.36. The Morgan fingerprint density at radius 3 is 2.14 bits per heavy atom. The van der Waals surface area contributed by atoms with Crippen LogP contribution in [0.5, 0.6) is 0 Å². The van der Waals surface area contributed by atoms with Gasteiger partial charge < -0.3 is 4.74 Å². The number of carbonyl (C=O) groups excluding carboxylic acids is 2. The van der Waals surface area contributed by atoms with E-state index in [4.69, 9.17) is 14.8 Å². The molecule has 1 aliphatic carbocycles.